The molecule has 0 amide bonds. The van der Waals surface area contributed by atoms with Gasteiger partial charge in [0.25, 0.3) is 10.1 Å². The maximum atomic E-state index is 10.6. The average molecular weight is 188 g/mol. The molecule has 0 saturated heterocycles. The van der Waals surface area contributed by atoms with Crippen LogP contribution in [0, 0.1) is 0 Å². The molecule has 0 radical (unpaired) electrons. The highest BCUT2D eigenvalue weighted by Crippen LogP contribution is 2.10. The molecule has 0 aliphatic rings. The molecule has 0 aliphatic carbocycles. The van der Waals surface area contributed by atoms with E-state index in [1.165, 1.54) is 18.2 Å². The number of hydrogen-bond acceptors (Lipinski definition) is 3. The predicted octanol–water partition coefficient (Wildman–Crippen LogP) is 0.426. The minimum absolute atomic E-state index is 0.200. The van der Waals surface area contributed by atoms with Crippen LogP contribution in [0.1, 0.15) is 5.56 Å². The van der Waals surface area contributed by atoms with Crippen LogP contribution in [-0.2, 0) is 16.7 Å². The van der Waals surface area contributed by atoms with Crippen LogP contribution in [0.3, 0.4) is 0 Å². The first-order chi connectivity index (χ1) is 5.54. The second-order valence-corrected chi connectivity index (χ2v) is 3.70. The van der Waals surface area contributed by atoms with Crippen LogP contribution in [0.4, 0.5) is 0 Å². The maximum Gasteiger partial charge on any atom is 0.294 e. The van der Waals surface area contributed by atoms with Gasteiger partial charge in [-0.2, -0.15) is 8.42 Å². The zero-order valence-corrected chi connectivity index (χ0v) is 6.95. The van der Waals surface area contributed by atoms with Crippen molar-refractivity contribution in [1.29, 1.82) is 0 Å². The monoisotopic (exact) mass is 188 g/mol. The van der Waals surface area contributed by atoms with Gasteiger partial charge in [0.1, 0.15) is 0 Å². The van der Waals surface area contributed by atoms with Gasteiger partial charge in [0.05, 0.1) is 11.5 Å². The Hall–Kier alpha value is -0.910. The number of aliphatic hydroxyl groups excluding tert-OH is 1. The number of rotatable bonds is 2. The fraction of sp³-hybridized carbons (Fsp3) is 0.143. The van der Waals surface area contributed by atoms with E-state index in [1.54, 1.807) is 6.07 Å². The second-order valence-electron chi connectivity index (χ2n) is 2.28. The molecule has 4 nitrogen and oxygen atoms in total. The summed E-state index contributed by atoms with van der Waals surface area (Å²) in [4.78, 5) is -0.200. The quantitative estimate of drug-likeness (QED) is 0.660. The number of aliphatic hydroxyl groups is 1. The Kier molecular flexibility index (Phi) is 2.46. The third kappa shape index (κ3) is 2.04. The molecule has 12 heavy (non-hydrogen) atoms. The van der Waals surface area contributed by atoms with Crippen molar-refractivity contribution >= 4 is 10.1 Å². The smallest absolute Gasteiger partial charge is 0.294 e. The number of hydrogen-bond donors (Lipinski definition) is 2. The molecule has 66 valence electrons. The van der Waals surface area contributed by atoms with E-state index >= 15 is 0 Å². The summed E-state index contributed by atoms with van der Waals surface area (Å²) in [5, 5.41) is 8.65. The molecule has 1 rings (SSSR count). The van der Waals surface area contributed by atoms with Crippen LogP contribution < -0.4 is 0 Å². The van der Waals surface area contributed by atoms with Crippen molar-refractivity contribution in [2.24, 2.45) is 0 Å². The van der Waals surface area contributed by atoms with Gasteiger partial charge in [-0.15, -0.1) is 0 Å². The first-order valence-electron chi connectivity index (χ1n) is 3.21. The molecule has 0 atom stereocenters. The summed E-state index contributed by atoms with van der Waals surface area (Å²) < 4.78 is 29.7. The third-order valence-corrected chi connectivity index (χ3v) is 2.23. The highest BCUT2D eigenvalue weighted by molar-refractivity contribution is 7.85. The molecule has 0 saturated carbocycles. The summed E-state index contributed by atoms with van der Waals surface area (Å²) in [6, 6.07) is 5.49. The zero-order valence-electron chi connectivity index (χ0n) is 6.14. The average Bonchev–Trinajstić information content (AvgIpc) is 2.03. The van der Waals surface area contributed by atoms with Gasteiger partial charge in [0, 0.05) is 0 Å². The van der Waals surface area contributed by atoms with E-state index in [0.29, 0.717) is 5.56 Å². The summed E-state index contributed by atoms with van der Waals surface area (Å²) in [5.41, 5.74) is 0.449. The normalized spacial score (nSPS) is 11.5. The first kappa shape index (κ1) is 9.18. The minimum Gasteiger partial charge on any atom is -0.392 e. The number of benzene rings is 1. The third-order valence-electron chi connectivity index (χ3n) is 1.38. The lowest BCUT2D eigenvalue weighted by Gasteiger charge is -1.98. The molecule has 2 N–H and O–H groups in total. The Bertz CT molecular complexity index is 369. The molecule has 0 unspecified atom stereocenters. The van der Waals surface area contributed by atoms with Crippen molar-refractivity contribution in [2.45, 2.75) is 11.5 Å². The summed E-state index contributed by atoms with van der Waals surface area (Å²) in [7, 11) is -4.15. The lowest BCUT2D eigenvalue weighted by molar-refractivity contribution is 0.281. The Labute approximate surface area is 70.2 Å². The van der Waals surface area contributed by atoms with Crippen LogP contribution in [0.5, 0.6) is 0 Å². The van der Waals surface area contributed by atoms with Gasteiger partial charge in [-0.25, -0.2) is 0 Å². The van der Waals surface area contributed by atoms with Crippen molar-refractivity contribution in [2.75, 3.05) is 0 Å². The molecule has 1 aromatic carbocycles. The summed E-state index contributed by atoms with van der Waals surface area (Å²) in [6.45, 7) is -0.247. The van der Waals surface area contributed by atoms with Crippen molar-refractivity contribution in [1.82, 2.24) is 0 Å². The molecular weight excluding hydrogens is 180 g/mol. The highest BCUT2D eigenvalue weighted by atomic mass is 32.2. The molecule has 0 aliphatic heterocycles. The standard InChI is InChI=1S/C7H8O4S/c8-5-6-2-1-3-7(4-6)12(9,10)11/h1-4,8H,5H2,(H,9,10,11). The van der Waals surface area contributed by atoms with Gasteiger partial charge < -0.3 is 5.11 Å². The fourth-order valence-electron chi connectivity index (χ4n) is 0.804. The summed E-state index contributed by atoms with van der Waals surface area (Å²) >= 11 is 0. The van der Waals surface area contributed by atoms with E-state index < -0.39 is 10.1 Å². The molecular formula is C7H8O4S. The molecule has 0 heterocycles. The Morgan fingerprint density at radius 2 is 2.00 bits per heavy atom. The van der Waals surface area contributed by atoms with E-state index in [2.05, 4.69) is 0 Å². The minimum atomic E-state index is -4.15. The van der Waals surface area contributed by atoms with Crippen LogP contribution in [0.15, 0.2) is 29.2 Å². The summed E-state index contributed by atoms with van der Waals surface area (Å²) in [6.07, 6.45) is 0. The molecule has 1 aromatic rings. The lowest BCUT2D eigenvalue weighted by atomic mass is 10.2. The van der Waals surface area contributed by atoms with E-state index in [9.17, 15) is 8.42 Å². The van der Waals surface area contributed by atoms with Gasteiger partial charge in [0.15, 0.2) is 0 Å². The Balaban J connectivity index is 3.20. The van der Waals surface area contributed by atoms with Gasteiger partial charge in [0.2, 0.25) is 0 Å². The molecule has 0 aromatic heterocycles. The van der Waals surface area contributed by atoms with Gasteiger partial charge in [-0.05, 0) is 17.7 Å². The summed E-state index contributed by atoms with van der Waals surface area (Å²) in [5.74, 6) is 0. The molecule has 0 fully saturated rings. The Morgan fingerprint density at radius 1 is 1.33 bits per heavy atom. The van der Waals surface area contributed by atoms with Crippen LogP contribution in [0.25, 0.3) is 0 Å². The molecule has 5 heteroatoms. The SMILES string of the molecule is O=S(=O)(O)c1cccc(CO)c1. The lowest BCUT2D eigenvalue weighted by Crippen LogP contribution is -1.98. The van der Waals surface area contributed by atoms with Crippen molar-refractivity contribution < 1.29 is 18.1 Å². The van der Waals surface area contributed by atoms with E-state index in [1.807, 2.05) is 0 Å². The Morgan fingerprint density at radius 3 is 2.50 bits per heavy atom. The van der Waals surface area contributed by atoms with E-state index in [0.717, 1.165) is 0 Å². The van der Waals surface area contributed by atoms with Crippen molar-refractivity contribution in [3.63, 3.8) is 0 Å². The van der Waals surface area contributed by atoms with Gasteiger partial charge in [-0.3, -0.25) is 4.55 Å². The largest absolute Gasteiger partial charge is 0.392 e. The van der Waals surface area contributed by atoms with E-state index in [-0.39, 0.29) is 11.5 Å². The van der Waals surface area contributed by atoms with Crippen molar-refractivity contribution in [3.05, 3.63) is 29.8 Å². The molecule has 0 spiro atoms. The topological polar surface area (TPSA) is 74.6 Å². The maximum absolute atomic E-state index is 10.6. The van der Waals surface area contributed by atoms with E-state index in [4.69, 9.17) is 9.66 Å². The second kappa shape index (κ2) is 3.22. The van der Waals surface area contributed by atoms with Gasteiger partial charge >= 0.3 is 0 Å². The van der Waals surface area contributed by atoms with Crippen molar-refractivity contribution in [3.8, 4) is 0 Å². The van der Waals surface area contributed by atoms with Crippen LogP contribution >= 0.6 is 0 Å². The van der Waals surface area contributed by atoms with Gasteiger partial charge in [-0.1, -0.05) is 12.1 Å². The first-order valence-corrected chi connectivity index (χ1v) is 4.65. The van der Waals surface area contributed by atoms with Crippen LogP contribution in [-0.4, -0.2) is 18.1 Å². The molecule has 0 bridgehead atoms. The highest BCUT2D eigenvalue weighted by Gasteiger charge is 2.08. The van der Waals surface area contributed by atoms with Crippen LogP contribution in [0.2, 0.25) is 0 Å². The fourth-order valence-corrected chi connectivity index (χ4v) is 1.36. The predicted molar refractivity (Wildman–Crippen MR) is 42.2 cm³/mol. The zero-order chi connectivity index (χ0) is 9.19.